The van der Waals surface area contributed by atoms with Crippen LogP contribution in [0.25, 0.3) is 0 Å². The number of phenols is 1. The lowest BCUT2D eigenvalue weighted by Crippen LogP contribution is -2.10. The van der Waals surface area contributed by atoms with Crippen LogP contribution in [0.5, 0.6) is 17.2 Å². The molecule has 0 aliphatic carbocycles. The largest absolute Gasteiger partial charge is 0.506 e. The highest BCUT2D eigenvalue weighted by Crippen LogP contribution is 2.49. The molecule has 1 atom stereocenters. The van der Waals surface area contributed by atoms with Crippen LogP contribution in [0.4, 0.5) is 0 Å². The van der Waals surface area contributed by atoms with Gasteiger partial charge in [-0.1, -0.05) is 27.2 Å². The summed E-state index contributed by atoms with van der Waals surface area (Å²) in [6.07, 6.45) is 2.08. The van der Waals surface area contributed by atoms with Gasteiger partial charge in [-0.25, -0.2) is 0 Å². The second kappa shape index (κ2) is 7.19. The van der Waals surface area contributed by atoms with Crippen LogP contribution >= 0.6 is 0 Å². The first-order chi connectivity index (χ1) is 10.2. The normalized spacial score (nSPS) is 13.0. The topological polar surface area (TPSA) is 93.1 Å². The van der Waals surface area contributed by atoms with Gasteiger partial charge < -0.3 is 14.6 Å². The Bertz CT molecular complexity index is 636. The van der Waals surface area contributed by atoms with Crippen molar-refractivity contribution >= 4 is 10.1 Å². The maximum Gasteiger partial charge on any atom is 0.302 e. The first kappa shape index (κ1) is 18.6. The number of hydrogen-bond donors (Lipinski definition) is 2. The molecule has 7 heteroatoms. The van der Waals surface area contributed by atoms with Gasteiger partial charge in [0, 0.05) is 11.1 Å². The van der Waals surface area contributed by atoms with E-state index in [1.54, 1.807) is 0 Å². The van der Waals surface area contributed by atoms with Gasteiger partial charge in [-0.2, -0.15) is 8.42 Å². The molecular formula is C15H24O6S. The van der Waals surface area contributed by atoms with Crippen LogP contribution in [0.1, 0.15) is 50.7 Å². The van der Waals surface area contributed by atoms with Crippen molar-refractivity contribution in [1.82, 2.24) is 0 Å². The smallest absolute Gasteiger partial charge is 0.302 e. The molecule has 0 bridgehead atoms. The van der Waals surface area contributed by atoms with E-state index in [-0.39, 0.29) is 17.4 Å². The Hall–Kier alpha value is -1.47. The molecule has 0 aromatic heterocycles. The monoisotopic (exact) mass is 332 g/mol. The fourth-order valence-corrected chi connectivity index (χ4v) is 3.37. The molecule has 1 rings (SSSR count). The van der Waals surface area contributed by atoms with Crippen molar-refractivity contribution in [1.29, 1.82) is 0 Å². The zero-order valence-electron chi connectivity index (χ0n) is 13.6. The van der Waals surface area contributed by atoms with Crippen LogP contribution in [0.2, 0.25) is 0 Å². The lowest BCUT2D eigenvalue weighted by molar-refractivity contribution is 0.330. The maximum atomic E-state index is 11.7. The SMILES string of the molecule is CCCc1c(OC)c(OC)c(S(=O)(=O)O)c(O)c1C(C)CC. The van der Waals surface area contributed by atoms with Crippen molar-refractivity contribution in [2.45, 2.75) is 50.8 Å². The minimum absolute atomic E-state index is 0.0955. The quantitative estimate of drug-likeness (QED) is 0.745. The van der Waals surface area contributed by atoms with E-state index >= 15 is 0 Å². The van der Waals surface area contributed by atoms with Gasteiger partial charge >= 0.3 is 10.1 Å². The van der Waals surface area contributed by atoms with E-state index in [0.29, 0.717) is 24.0 Å². The van der Waals surface area contributed by atoms with E-state index in [1.807, 2.05) is 20.8 Å². The van der Waals surface area contributed by atoms with Crippen molar-refractivity contribution in [2.75, 3.05) is 14.2 Å². The van der Waals surface area contributed by atoms with Gasteiger partial charge in [-0.3, -0.25) is 4.55 Å². The zero-order chi connectivity index (χ0) is 17.1. The van der Waals surface area contributed by atoms with E-state index < -0.39 is 20.8 Å². The fourth-order valence-electron chi connectivity index (χ4n) is 2.61. The molecule has 0 fully saturated rings. The van der Waals surface area contributed by atoms with Gasteiger partial charge in [0.05, 0.1) is 14.2 Å². The van der Waals surface area contributed by atoms with Crippen molar-refractivity contribution in [3.63, 3.8) is 0 Å². The van der Waals surface area contributed by atoms with E-state index in [0.717, 1.165) is 6.42 Å². The van der Waals surface area contributed by atoms with E-state index in [9.17, 15) is 18.1 Å². The van der Waals surface area contributed by atoms with Gasteiger partial charge in [0.15, 0.2) is 16.4 Å². The maximum absolute atomic E-state index is 11.7. The van der Waals surface area contributed by atoms with Gasteiger partial charge in [-0.15, -0.1) is 0 Å². The first-order valence-corrected chi connectivity index (χ1v) is 8.65. The summed E-state index contributed by atoms with van der Waals surface area (Å²) in [5.41, 5.74) is 1.19. The van der Waals surface area contributed by atoms with Crippen molar-refractivity contribution < 1.29 is 27.6 Å². The van der Waals surface area contributed by atoms with Gasteiger partial charge in [0.1, 0.15) is 5.75 Å². The van der Waals surface area contributed by atoms with Crippen LogP contribution in [-0.4, -0.2) is 32.3 Å². The highest BCUT2D eigenvalue weighted by Gasteiger charge is 2.32. The molecule has 1 aromatic carbocycles. The second-order valence-electron chi connectivity index (χ2n) is 5.17. The Morgan fingerprint density at radius 2 is 1.68 bits per heavy atom. The number of hydrogen-bond acceptors (Lipinski definition) is 5. The van der Waals surface area contributed by atoms with Gasteiger partial charge in [0.25, 0.3) is 0 Å². The zero-order valence-corrected chi connectivity index (χ0v) is 14.5. The summed E-state index contributed by atoms with van der Waals surface area (Å²) in [5.74, 6) is -0.483. The highest BCUT2D eigenvalue weighted by atomic mass is 32.2. The van der Waals surface area contributed by atoms with E-state index in [2.05, 4.69) is 0 Å². The Balaban J connectivity index is 3.98. The van der Waals surface area contributed by atoms with Crippen LogP contribution in [0.15, 0.2) is 4.90 Å². The summed E-state index contributed by atoms with van der Waals surface area (Å²) in [5, 5.41) is 10.5. The molecule has 2 N–H and O–H groups in total. The van der Waals surface area contributed by atoms with Crippen LogP contribution in [-0.2, 0) is 16.5 Å². The van der Waals surface area contributed by atoms with Crippen molar-refractivity contribution in [3.8, 4) is 17.2 Å². The molecule has 22 heavy (non-hydrogen) atoms. The van der Waals surface area contributed by atoms with Crippen LogP contribution in [0, 0.1) is 0 Å². The number of phenolic OH excluding ortho intramolecular Hbond substituents is 1. The summed E-state index contributed by atoms with van der Waals surface area (Å²) in [6, 6.07) is 0. The molecule has 0 aliphatic rings. The average molecular weight is 332 g/mol. The average Bonchev–Trinajstić information content (AvgIpc) is 2.44. The van der Waals surface area contributed by atoms with Crippen molar-refractivity contribution in [3.05, 3.63) is 11.1 Å². The predicted molar refractivity (Wildman–Crippen MR) is 83.7 cm³/mol. The standard InChI is InChI=1S/C15H24O6S/c1-6-8-10-11(9(3)7-2)12(16)15(22(17,18)19)14(21-5)13(10)20-4/h9,16H,6-8H2,1-5H3,(H,17,18,19). The molecular weight excluding hydrogens is 308 g/mol. The molecule has 0 saturated heterocycles. The molecule has 0 aliphatic heterocycles. The lowest BCUT2D eigenvalue weighted by Gasteiger charge is -2.23. The van der Waals surface area contributed by atoms with Crippen LogP contribution < -0.4 is 9.47 Å². The van der Waals surface area contributed by atoms with Crippen molar-refractivity contribution in [2.24, 2.45) is 0 Å². The number of rotatable bonds is 7. The number of benzene rings is 1. The third kappa shape index (κ3) is 3.30. The fraction of sp³-hybridized carbons (Fsp3) is 0.600. The minimum Gasteiger partial charge on any atom is -0.506 e. The first-order valence-electron chi connectivity index (χ1n) is 7.21. The summed E-state index contributed by atoms with van der Waals surface area (Å²) in [4.78, 5) is -0.637. The molecule has 1 aromatic rings. The van der Waals surface area contributed by atoms with E-state index in [1.165, 1.54) is 14.2 Å². The van der Waals surface area contributed by atoms with Gasteiger partial charge in [0.2, 0.25) is 0 Å². The second-order valence-corrected chi connectivity index (χ2v) is 6.53. The third-order valence-electron chi connectivity index (χ3n) is 3.75. The highest BCUT2D eigenvalue weighted by molar-refractivity contribution is 7.86. The molecule has 0 saturated carbocycles. The minimum atomic E-state index is -4.66. The van der Waals surface area contributed by atoms with Gasteiger partial charge in [-0.05, 0) is 18.8 Å². The Morgan fingerprint density at radius 1 is 1.14 bits per heavy atom. The summed E-state index contributed by atoms with van der Waals surface area (Å²) < 4.78 is 43.3. The molecule has 1 unspecified atom stereocenters. The van der Waals surface area contributed by atoms with Crippen LogP contribution in [0.3, 0.4) is 0 Å². The number of aromatic hydroxyl groups is 1. The lowest BCUT2D eigenvalue weighted by atomic mass is 9.89. The third-order valence-corrected chi connectivity index (χ3v) is 4.65. The summed E-state index contributed by atoms with van der Waals surface area (Å²) >= 11 is 0. The van der Waals surface area contributed by atoms with E-state index in [4.69, 9.17) is 9.47 Å². The summed E-state index contributed by atoms with van der Waals surface area (Å²) in [6.45, 7) is 5.79. The molecule has 6 nitrogen and oxygen atoms in total. The molecule has 0 heterocycles. The molecule has 0 amide bonds. The molecule has 126 valence electrons. The Morgan fingerprint density at radius 3 is 2.05 bits per heavy atom. The molecule has 0 radical (unpaired) electrons. The predicted octanol–water partition coefficient (Wildman–Crippen LogP) is 3.12. The summed E-state index contributed by atoms with van der Waals surface area (Å²) in [7, 11) is -1.99. The number of ether oxygens (including phenoxy) is 2. The Labute approximate surface area is 131 Å². The number of methoxy groups -OCH3 is 2. The molecule has 0 spiro atoms. The Kier molecular flexibility index (Phi) is 6.08.